The predicted octanol–water partition coefficient (Wildman–Crippen LogP) is 3.13. The molecule has 0 saturated carbocycles. The Bertz CT molecular complexity index is 1150. The molecular formula is C27H30N2O6. The van der Waals surface area contributed by atoms with Gasteiger partial charge < -0.3 is 20.4 Å². The van der Waals surface area contributed by atoms with E-state index < -0.39 is 24.0 Å². The summed E-state index contributed by atoms with van der Waals surface area (Å²) >= 11 is 0. The van der Waals surface area contributed by atoms with Gasteiger partial charge in [-0.2, -0.15) is 0 Å². The molecular weight excluding hydrogens is 448 g/mol. The van der Waals surface area contributed by atoms with Gasteiger partial charge in [-0.25, -0.2) is 9.59 Å². The zero-order valence-electron chi connectivity index (χ0n) is 19.9. The number of carbonyl (C=O) groups excluding carboxylic acids is 2. The maximum Gasteiger partial charge on any atom is 0.336 e. The lowest BCUT2D eigenvalue weighted by molar-refractivity contribution is -0.154. The number of piperazine rings is 1. The largest absolute Gasteiger partial charge is 0.478 e. The number of hydrogen-bond donors (Lipinski definition) is 3. The fourth-order valence-electron chi connectivity index (χ4n) is 5.52. The maximum absolute atomic E-state index is 13.9. The highest BCUT2D eigenvalue weighted by Gasteiger charge is 2.47. The Hall–Kier alpha value is -3.68. The van der Waals surface area contributed by atoms with Crippen LogP contribution >= 0.6 is 0 Å². The van der Waals surface area contributed by atoms with Crippen LogP contribution < -0.4 is 5.32 Å². The zero-order chi connectivity index (χ0) is 25.3. The minimum absolute atomic E-state index is 0.0783. The molecule has 184 valence electrons. The third kappa shape index (κ3) is 4.65. The number of nitrogens with one attached hydrogen (secondary N) is 1. The number of amides is 2. The summed E-state index contributed by atoms with van der Waals surface area (Å²) in [6, 6.07) is 10.4. The molecule has 1 aliphatic carbocycles. The predicted molar refractivity (Wildman–Crippen MR) is 128 cm³/mol. The van der Waals surface area contributed by atoms with Gasteiger partial charge in [0.15, 0.2) is 0 Å². The van der Waals surface area contributed by atoms with Crippen molar-refractivity contribution in [1.29, 1.82) is 0 Å². The molecule has 35 heavy (non-hydrogen) atoms. The fourth-order valence-corrected chi connectivity index (χ4v) is 5.52. The second-order valence-electron chi connectivity index (χ2n) is 9.39. The van der Waals surface area contributed by atoms with E-state index >= 15 is 0 Å². The fraction of sp³-hybridized carbons (Fsp3) is 0.407. The first-order chi connectivity index (χ1) is 16.7. The van der Waals surface area contributed by atoms with Crippen LogP contribution in [0.15, 0.2) is 42.5 Å². The summed E-state index contributed by atoms with van der Waals surface area (Å²) in [6.07, 6.45) is 2.73. The van der Waals surface area contributed by atoms with Gasteiger partial charge in [0.1, 0.15) is 12.1 Å². The van der Waals surface area contributed by atoms with Gasteiger partial charge in [-0.3, -0.25) is 9.59 Å². The molecule has 2 aliphatic rings. The number of carboxylic acid groups (broad SMARTS) is 2. The second-order valence-corrected chi connectivity index (χ2v) is 9.39. The summed E-state index contributed by atoms with van der Waals surface area (Å²) in [5, 5.41) is 22.0. The molecule has 2 amide bonds. The van der Waals surface area contributed by atoms with Crippen molar-refractivity contribution in [2.75, 3.05) is 0 Å². The highest BCUT2D eigenvalue weighted by molar-refractivity contribution is 5.98. The Balaban J connectivity index is 1.70. The number of hydrogen-bond acceptors (Lipinski definition) is 4. The number of benzene rings is 2. The normalized spacial score (nSPS) is 20.1. The molecule has 1 aliphatic heterocycles. The van der Waals surface area contributed by atoms with Crippen molar-refractivity contribution in [3.63, 3.8) is 0 Å². The van der Waals surface area contributed by atoms with Crippen molar-refractivity contribution in [2.45, 2.75) is 58.2 Å². The molecule has 2 unspecified atom stereocenters. The number of fused-ring (bicyclic) bond motifs is 1. The molecule has 1 saturated heterocycles. The number of rotatable bonds is 8. The third-order valence-electron chi connectivity index (χ3n) is 7.43. The highest BCUT2D eigenvalue weighted by atomic mass is 16.4. The molecule has 2 atom stereocenters. The summed E-state index contributed by atoms with van der Waals surface area (Å²) in [7, 11) is 0. The first-order valence-corrected chi connectivity index (χ1v) is 12.0. The average molecular weight is 479 g/mol. The van der Waals surface area contributed by atoms with Crippen molar-refractivity contribution in [2.24, 2.45) is 11.8 Å². The first-order valence-electron chi connectivity index (χ1n) is 12.0. The molecule has 1 fully saturated rings. The summed E-state index contributed by atoms with van der Waals surface area (Å²) in [5.74, 6) is -3.13. The lowest BCUT2D eigenvalue weighted by atomic mass is 9.85. The van der Waals surface area contributed by atoms with E-state index in [0.717, 1.165) is 6.07 Å². The summed E-state index contributed by atoms with van der Waals surface area (Å²) in [6.45, 7) is 3.85. The number of aromatic carboxylic acids is 2. The van der Waals surface area contributed by atoms with Gasteiger partial charge in [0, 0.05) is 6.54 Å². The minimum Gasteiger partial charge on any atom is -0.478 e. The van der Waals surface area contributed by atoms with Crippen LogP contribution in [0.3, 0.4) is 0 Å². The van der Waals surface area contributed by atoms with E-state index in [0.29, 0.717) is 31.2 Å². The monoisotopic (exact) mass is 478 g/mol. The van der Waals surface area contributed by atoms with Crippen molar-refractivity contribution in [3.05, 3.63) is 70.3 Å². The van der Waals surface area contributed by atoms with Crippen LogP contribution in [0.4, 0.5) is 0 Å². The van der Waals surface area contributed by atoms with E-state index in [1.807, 2.05) is 38.1 Å². The molecule has 4 rings (SSSR count). The third-order valence-corrected chi connectivity index (χ3v) is 7.43. The topological polar surface area (TPSA) is 124 Å². The smallest absolute Gasteiger partial charge is 0.336 e. The molecule has 3 N–H and O–H groups in total. The standard InChI is InChI=1S/C27H30N2O6/c1-3-15(4-2)23-24(30)28-22(20-11-16-7-5-6-8-17(16)12-20)25(31)29(23)14-19-10-9-18(26(32)33)13-21(19)27(34)35/h5-10,13,15,20,22-23H,3-4,11-12,14H2,1-2H3,(H,28,30)(H,32,33)(H,34,35). The number of carbonyl (C=O) groups is 4. The lowest BCUT2D eigenvalue weighted by Crippen LogP contribution is -2.66. The summed E-state index contributed by atoms with van der Waals surface area (Å²) in [5.41, 5.74) is 2.31. The van der Waals surface area contributed by atoms with Crippen molar-refractivity contribution in [1.82, 2.24) is 10.2 Å². The quantitative estimate of drug-likeness (QED) is 0.536. The average Bonchev–Trinajstić information content (AvgIpc) is 3.27. The minimum atomic E-state index is -1.28. The van der Waals surface area contributed by atoms with Gasteiger partial charge in [-0.05, 0) is 53.5 Å². The zero-order valence-corrected chi connectivity index (χ0v) is 19.9. The van der Waals surface area contributed by atoms with Crippen molar-refractivity contribution < 1.29 is 29.4 Å². The van der Waals surface area contributed by atoms with E-state index in [2.05, 4.69) is 5.32 Å². The van der Waals surface area contributed by atoms with Crippen LogP contribution in [0, 0.1) is 11.8 Å². The van der Waals surface area contributed by atoms with Gasteiger partial charge in [-0.1, -0.05) is 57.0 Å². The number of nitrogens with zero attached hydrogens (tertiary/aromatic N) is 1. The molecule has 0 spiro atoms. The Morgan fingerprint density at radius 2 is 1.63 bits per heavy atom. The lowest BCUT2D eigenvalue weighted by Gasteiger charge is -2.44. The van der Waals surface area contributed by atoms with Gasteiger partial charge >= 0.3 is 11.9 Å². The SMILES string of the molecule is CCC(CC)C1C(=O)NC(C2Cc3ccccc3C2)C(=O)N1Cc1ccc(C(=O)O)cc1C(=O)O. The Labute approximate surface area is 203 Å². The Morgan fingerprint density at radius 3 is 2.17 bits per heavy atom. The first kappa shape index (κ1) is 24.4. The van der Waals surface area contributed by atoms with Crippen LogP contribution in [0.2, 0.25) is 0 Å². The molecule has 0 radical (unpaired) electrons. The Kier molecular flexibility index (Phi) is 6.91. The van der Waals surface area contributed by atoms with Crippen LogP contribution in [0.25, 0.3) is 0 Å². The molecule has 2 aromatic carbocycles. The second kappa shape index (κ2) is 9.90. The van der Waals surface area contributed by atoms with Crippen LogP contribution in [-0.4, -0.2) is 50.9 Å². The maximum atomic E-state index is 13.9. The molecule has 8 nitrogen and oxygen atoms in total. The van der Waals surface area contributed by atoms with E-state index in [1.165, 1.54) is 28.2 Å². The molecule has 0 bridgehead atoms. The highest BCUT2D eigenvalue weighted by Crippen LogP contribution is 2.33. The van der Waals surface area contributed by atoms with Gasteiger partial charge in [0.05, 0.1) is 11.1 Å². The van der Waals surface area contributed by atoms with Crippen molar-refractivity contribution in [3.8, 4) is 0 Å². The van der Waals surface area contributed by atoms with Gasteiger partial charge in [0.2, 0.25) is 11.8 Å². The van der Waals surface area contributed by atoms with E-state index in [1.54, 1.807) is 0 Å². The van der Waals surface area contributed by atoms with Crippen LogP contribution in [0.5, 0.6) is 0 Å². The molecule has 0 aromatic heterocycles. The van der Waals surface area contributed by atoms with E-state index in [-0.39, 0.29) is 41.3 Å². The summed E-state index contributed by atoms with van der Waals surface area (Å²) < 4.78 is 0. The number of carboxylic acids is 2. The molecule has 1 heterocycles. The van der Waals surface area contributed by atoms with Crippen LogP contribution in [-0.2, 0) is 29.0 Å². The molecule has 8 heteroatoms. The van der Waals surface area contributed by atoms with E-state index in [4.69, 9.17) is 0 Å². The molecule has 2 aromatic rings. The van der Waals surface area contributed by atoms with Gasteiger partial charge in [-0.15, -0.1) is 0 Å². The van der Waals surface area contributed by atoms with Crippen molar-refractivity contribution >= 4 is 23.8 Å². The van der Waals surface area contributed by atoms with E-state index in [9.17, 15) is 29.4 Å². The summed E-state index contributed by atoms with van der Waals surface area (Å²) in [4.78, 5) is 52.1. The Morgan fingerprint density at radius 1 is 1.00 bits per heavy atom. The van der Waals surface area contributed by atoms with Gasteiger partial charge in [0.25, 0.3) is 0 Å². The van der Waals surface area contributed by atoms with Crippen LogP contribution in [0.1, 0.15) is 64.1 Å².